The van der Waals surface area contributed by atoms with Crippen LogP contribution in [0.1, 0.15) is 45.1 Å². The highest BCUT2D eigenvalue weighted by atomic mass is 19.4. The number of benzene rings is 2. The molecule has 0 unspecified atom stereocenters. The molecular weight excluding hydrogens is 373 g/mol. The third-order valence-corrected chi connectivity index (χ3v) is 4.48. The van der Waals surface area contributed by atoms with Crippen molar-refractivity contribution < 1.29 is 32.2 Å². The largest absolute Gasteiger partial charge is 0.489 e. The van der Waals surface area contributed by atoms with E-state index in [2.05, 4.69) is 4.74 Å². The zero-order valence-electron chi connectivity index (χ0n) is 16.1. The first-order valence-corrected chi connectivity index (χ1v) is 8.64. The standard InChI is InChI=1S/C21H21F3O4/c1-5-14-9-13(3)18(10-12(14)2)28-11-16-15(19(25)20(26)27-4)7-6-8-17(16)21(22,23)24/h6-10H,5,11H2,1-4H3. The summed E-state index contributed by atoms with van der Waals surface area (Å²) in [6, 6.07) is 6.76. The molecule has 0 N–H and O–H groups in total. The number of rotatable bonds is 6. The number of alkyl halides is 3. The molecule has 0 aliphatic rings. The van der Waals surface area contributed by atoms with E-state index in [4.69, 9.17) is 4.74 Å². The third kappa shape index (κ3) is 4.52. The van der Waals surface area contributed by atoms with Gasteiger partial charge in [-0.2, -0.15) is 13.2 Å². The summed E-state index contributed by atoms with van der Waals surface area (Å²) in [6.45, 7) is 5.18. The lowest BCUT2D eigenvalue weighted by Gasteiger charge is -2.18. The summed E-state index contributed by atoms with van der Waals surface area (Å²) in [5, 5.41) is 0. The number of ether oxygens (including phenoxy) is 2. The van der Waals surface area contributed by atoms with Gasteiger partial charge in [0, 0.05) is 11.1 Å². The Kier molecular flexibility index (Phi) is 6.48. The number of Topliss-reactive ketones (excluding diaryl/α,β-unsaturated/α-hetero) is 1. The van der Waals surface area contributed by atoms with Gasteiger partial charge in [0.2, 0.25) is 0 Å². The number of ketones is 1. The molecule has 0 radical (unpaired) electrons. The smallest absolute Gasteiger partial charge is 0.416 e. The highest BCUT2D eigenvalue weighted by Gasteiger charge is 2.36. The fourth-order valence-electron chi connectivity index (χ4n) is 2.96. The van der Waals surface area contributed by atoms with Crippen molar-refractivity contribution in [3.63, 3.8) is 0 Å². The van der Waals surface area contributed by atoms with Gasteiger partial charge in [-0.25, -0.2) is 4.79 Å². The Morgan fingerprint density at radius 3 is 2.32 bits per heavy atom. The number of hydrogen-bond acceptors (Lipinski definition) is 4. The Balaban J connectivity index is 2.48. The maximum Gasteiger partial charge on any atom is 0.416 e. The van der Waals surface area contributed by atoms with Crippen molar-refractivity contribution in [1.82, 2.24) is 0 Å². The van der Waals surface area contributed by atoms with Crippen LogP contribution in [-0.2, 0) is 28.7 Å². The van der Waals surface area contributed by atoms with Gasteiger partial charge in [0.25, 0.3) is 5.78 Å². The highest BCUT2D eigenvalue weighted by Crippen LogP contribution is 2.35. The summed E-state index contributed by atoms with van der Waals surface area (Å²) in [7, 11) is 0.992. The second-order valence-corrected chi connectivity index (χ2v) is 6.34. The quantitative estimate of drug-likeness (QED) is 0.401. The lowest BCUT2D eigenvalue weighted by molar-refractivity contribution is -0.139. The van der Waals surface area contributed by atoms with E-state index in [1.807, 2.05) is 19.9 Å². The fourth-order valence-corrected chi connectivity index (χ4v) is 2.96. The molecule has 0 atom stereocenters. The number of aryl methyl sites for hydroxylation is 3. The van der Waals surface area contributed by atoms with Crippen molar-refractivity contribution in [2.45, 2.75) is 40.0 Å². The van der Waals surface area contributed by atoms with Crippen LogP contribution in [-0.4, -0.2) is 18.9 Å². The van der Waals surface area contributed by atoms with Gasteiger partial charge in [-0.15, -0.1) is 0 Å². The van der Waals surface area contributed by atoms with Crippen LogP contribution in [0.25, 0.3) is 0 Å². The second kappa shape index (κ2) is 8.46. The van der Waals surface area contributed by atoms with Gasteiger partial charge in [-0.05, 0) is 49.1 Å². The van der Waals surface area contributed by atoms with Crippen molar-refractivity contribution >= 4 is 11.8 Å². The van der Waals surface area contributed by atoms with E-state index in [0.29, 0.717) is 5.75 Å². The van der Waals surface area contributed by atoms with Gasteiger partial charge in [0.15, 0.2) is 0 Å². The molecule has 2 aromatic rings. The Bertz CT molecular complexity index is 901. The first-order chi connectivity index (χ1) is 13.1. The Morgan fingerprint density at radius 2 is 1.75 bits per heavy atom. The van der Waals surface area contributed by atoms with E-state index in [1.54, 1.807) is 13.0 Å². The van der Waals surface area contributed by atoms with E-state index in [9.17, 15) is 22.8 Å². The number of halogens is 3. The van der Waals surface area contributed by atoms with E-state index in [1.165, 1.54) is 0 Å². The maximum atomic E-state index is 13.5. The average molecular weight is 394 g/mol. The number of carbonyl (C=O) groups is 2. The van der Waals surface area contributed by atoms with Crippen LogP contribution < -0.4 is 4.74 Å². The zero-order valence-corrected chi connectivity index (χ0v) is 16.1. The summed E-state index contributed by atoms with van der Waals surface area (Å²) in [4.78, 5) is 23.8. The second-order valence-electron chi connectivity index (χ2n) is 6.34. The lowest BCUT2D eigenvalue weighted by atomic mass is 9.98. The van der Waals surface area contributed by atoms with Crippen LogP contribution in [0.4, 0.5) is 13.2 Å². The number of hydrogen-bond donors (Lipinski definition) is 0. The molecular formula is C21H21F3O4. The van der Waals surface area contributed by atoms with Gasteiger partial charge in [-0.1, -0.05) is 25.1 Å². The van der Waals surface area contributed by atoms with Crippen molar-refractivity contribution in [2.24, 2.45) is 0 Å². The molecule has 0 heterocycles. The first-order valence-electron chi connectivity index (χ1n) is 8.64. The average Bonchev–Trinajstić information content (AvgIpc) is 2.65. The Hall–Kier alpha value is -2.83. The Morgan fingerprint density at radius 1 is 1.07 bits per heavy atom. The highest BCUT2D eigenvalue weighted by molar-refractivity contribution is 6.41. The number of carbonyl (C=O) groups excluding carboxylic acids is 2. The summed E-state index contributed by atoms with van der Waals surface area (Å²) < 4.78 is 50.4. The lowest BCUT2D eigenvalue weighted by Crippen LogP contribution is -2.21. The van der Waals surface area contributed by atoms with Crippen LogP contribution in [0.5, 0.6) is 5.75 Å². The van der Waals surface area contributed by atoms with Crippen LogP contribution >= 0.6 is 0 Å². The summed E-state index contributed by atoms with van der Waals surface area (Å²) in [5.41, 5.74) is 1.03. The molecule has 2 aromatic carbocycles. The van der Waals surface area contributed by atoms with Crippen molar-refractivity contribution in [3.05, 3.63) is 63.7 Å². The van der Waals surface area contributed by atoms with E-state index in [0.717, 1.165) is 48.4 Å². The molecule has 0 aliphatic carbocycles. The summed E-state index contributed by atoms with van der Waals surface area (Å²) in [5.74, 6) is -1.97. The normalized spacial score (nSPS) is 11.2. The van der Waals surface area contributed by atoms with Gasteiger partial charge in [0.1, 0.15) is 12.4 Å². The van der Waals surface area contributed by atoms with Crippen LogP contribution in [0.3, 0.4) is 0 Å². The monoisotopic (exact) mass is 394 g/mol. The molecule has 0 saturated heterocycles. The van der Waals surface area contributed by atoms with Crippen molar-refractivity contribution in [2.75, 3.05) is 7.11 Å². The van der Waals surface area contributed by atoms with Crippen molar-refractivity contribution in [1.29, 1.82) is 0 Å². The molecule has 0 bridgehead atoms. The maximum absolute atomic E-state index is 13.5. The topological polar surface area (TPSA) is 52.6 Å². The predicted molar refractivity (Wildman–Crippen MR) is 97.4 cm³/mol. The molecule has 4 nitrogen and oxygen atoms in total. The predicted octanol–water partition coefficient (Wildman–Crippen LogP) is 4.82. The molecule has 0 spiro atoms. The SMILES string of the molecule is CCc1cc(C)c(OCc2c(C(=O)C(=O)OC)cccc2C(F)(F)F)cc1C. The van der Waals surface area contributed by atoms with Crippen LogP contribution in [0, 0.1) is 13.8 Å². The molecule has 0 amide bonds. The molecule has 28 heavy (non-hydrogen) atoms. The van der Waals surface area contributed by atoms with E-state index >= 15 is 0 Å². The molecule has 0 saturated carbocycles. The molecule has 0 fully saturated rings. The van der Waals surface area contributed by atoms with Gasteiger partial charge in [0.05, 0.1) is 12.7 Å². The third-order valence-electron chi connectivity index (χ3n) is 4.48. The molecule has 7 heteroatoms. The van der Waals surface area contributed by atoms with E-state index in [-0.39, 0.29) is 5.56 Å². The molecule has 150 valence electrons. The fraction of sp³-hybridized carbons (Fsp3) is 0.333. The van der Waals surface area contributed by atoms with Gasteiger partial charge in [-0.3, -0.25) is 4.79 Å². The van der Waals surface area contributed by atoms with Gasteiger partial charge >= 0.3 is 12.1 Å². The minimum absolute atomic E-state index is 0.388. The molecule has 0 aromatic heterocycles. The van der Waals surface area contributed by atoms with E-state index < -0.39 is 35.7 Å². The summed E-state index contributed by atoms with van der Waals surface area (Å²) in [6.07, 6.45) is -3.89. The zero-order chi connectivity index (χ0) is 21.1. The van der Waals surface area contributed by atoms with Crippen LogP contribution in [0.2, 0.25) is 0 Å². The summed E-state index contributed by atoms with van der Waals surface area (Å²) >= 11 is 0. The van der Waals surface area contributed by atoms with Crippen molar-refractivity contribution in [3.8, 4) is 5.75 Å². The number of methoxy groups -OCH3 is 1. The first kappa shape index (κ1) is 21.5. The minimum atomic E-state index is -4.71. The van der Waals surface area contributed by atoms with Crippen LogP contribution in [0.15, 0.2) is 30.3 Å². The minimum Gasteiger partial charge on any atom is -0.489 e. The molecule has 0 aliphatic heterocycles. The molecule has 2 rings (SSSR count). The number of esters is 1. The van der Waals surface area contributed by atoms with Gasteiger partial charge < -0.3 is 9.47 Å². The Labute approximate surface area is 161 Å².